The Hall–Kier alpha value is -2.77. The third-order valence-electron chi connectivity index (χ3n) is 4.38. The molecule has 1 heterocycles. The summed E-state index contributed by atoms with van der Waals surface area (Å²) in [4.78, 5) is 24.7. The quantitative estimate of drug-likeness (QED) is 0.829. The second-order valence-corrected chi connectivity index (χ2v) is 6.42. The van der Waals surface area contributed by atoms with Gasteiger partial charge in [-0.25, -0.2) is 14.0 Å². The molecule has 0 aromatic heterocycles. The van der Waals surface area contributed by atoms with E-state index in [0.29, 0.717) is 5.56 Å². The number of aliphatic hydroxyl groups excluding tert-OH is 1. The van der Waals surface area contributed by atoms with E-state index in [0.717, 1.165) is 6.92 Å². The summed E-state index contributed by atoms with van der Waals surface area (Å²) in [5.41, 5.74) is -1.35. The summed E-state index contributed by atoms with van der Waals surface area (Å²) >= 11 is 0. The van der Waals surface area contributed by atoms with Gasteiger partial charge in [0.2, 0.25) is 18.1 Å². The number of halogens is 1. The molecular weight excluding hydrogens is 355 g/mol. The van der Waals surface area contributed by atoms with Crippen LogP contribution in [0.4, 0.5) is 4.39 Å². The second kappa shape index (κ2) is 7.46. The van der Waals surface area contributed by atoms with Crippen molar-refractivity contribution in [3.8, 4) is 0 Å². The zero-order valence-electron chi connectivity index (χ0n) is 14.8. The highest BCUT2D eigenvalue weighted by atomic mass is 19.1. The average molecular weight is 374 g/mol. The number of esters is 2. The number of carbonyl (C=O) groups excluding carboxylic acids is 2. The molecule has 0 spiro atoms. The number of aliphatic hydroxyl groups is 1. The Morgan fingerprint density at radius 2 is 1.67 bits per heavy atom. The first-order valence-corrected chi connectivity index (χ1v) is 8.36. The fourth-order valence-corrected chi connectivity index (χ4v) is 2.73. The van der Waals surface area contributed by atoms with Crippen molar-refractivity contribution in [3.63, 3.8) is 0 Å². The molecule has 1 saturated heterocycles. The fraction of sp³-hybridized carbons (Fsp3) is 0.300. The van der Waals surface area contributed by atoms with Crippen LogP contribution in [0.5, 0.6) is 0 Å². The van der Waals surface area contributed by atoms with Crippen LogP contribution in [0.1, 0.15) is 33.2 Å². The third-order valence-corrected chi connectivity index (χ3v) is 4.38. The van der Waals surface area contributed by atoms with Crippen molar-refractivity contribution in [3.05, 3.63) is 71.3 Å². The number of aryl methyl sites for hydroxylation is 1. The fourth-order valence-electron chi connectivity index (χ4n) is 2.73. The lowest BCUT2D eigenvalue weighted by atomic mass is 10.0. The summed E-state index contributed by atoms with van der Waals surface area (Å²) in [5, 5.41) is 9.84. The largest absolute Gasteiger partial charge is 0.448 e. The highest BCUT2D eigenvalue weighted by Gasteiger charge is 2.58. The van der Waals surface area contributed by atoms with E-state index in [4.69, 9.17) is 14.2 Å². The molecule has 0 amide bonds. The minimum absolute atomic E-state index is 0.193. The molecule has 0 aliphatic carbocycles. The summed E-state index contributed by atoms with van der Waals surface area (Å²) in [5.74, 6) is -1.59. The number of rotatable bonds is 4. The van der Waals surface area contributed by atoms with E-state index >= 15 is 0 Å². The van der Waals surface area contributed by atoms with Gasteiger partial charge in [0.1, 0.15) is 0 Å². The smallest absolute Gasteiger partial charge is 0.340 e. The van der Waals surface area contributed by atoms with Crippen molar-refractivity contribution in [1.82, 2.24) is 0 Å². The van der Waals surface area contributed by atoms with Crippen LogP contribution >= 0.6 is 0 Å². The summed E-state index contributed by atoms with van der Waals surface area (Å²) < 4.78 is 30.3. The zero-order chi connectivity index (χ0) is 19.6. The minimum Gasteiger partial charge on any atom is -0.448 e. The molecule has 4 atom stereocenters. The number of carbonyl (C=O) groups is 2. The maximum Gasteiger partial charge on any atom is 0.340 e. The van der Waals surface area contributed by atoms with Gasteiger partial charge in [-0.15, -0.1) is 0 Å². The highest BCUT2D eigenvalue weighted by molar-refractivity contribution is 5.91. The van der Waals surface area contributed by atoms with Gasteiger partial charge in [-0.2, -0.15) is 0 Å². The first kappa shape index (κ1) is 19.0. The molecule has 3 rings (SSSR count). The Bertz CT molecular complexity index is 835. The van der Waals surface area contributed by atoms with Crippen LogP contribution in [0, 0.1) is 6.92 Å². The minimum atomic E-state index is -2.46. The van der Waals surface area contributed by atoms with Gasteiger partial charge in [0.05, 0.1) is 11.1 Å². The molecule has 2 aromatic rings. The Morgan fingerprint density at radius 3 is 2.33 bits per heavy atom. The Morgan fingerprint density at radius 1 is 1.04 bits per heavy atom. The highest BCUT2D eigenvalue weighted by Crippen LogP contribution is 2.36. The topological polar surface area (TPSA) is 82.1 Å². The monoisotopic (exact) mass is 374 g/mol. The van der Waals surface area contributed by atoms with E-state index in [2.05, 4.69) is 0 Å². The maximum atomic E-state index is 14.9. The molecule has 0 radical (unpaired) electrons. The molecule has 2 aromatic carbocycles. The average Bonchev–Trinajstić information content (AvgIpc) is 2.85. The van der Waals surface area contributed by atoms with Gasteiger partial charge >= 0.3 is 11.9 Å². The lowest BCUT2D eigenvalue weighted by Crippen LogP contribution is -2.45. The SMILES string of the molecule is Cc1ccccc1C(=O)O[C@H]1O[C@@H](O)[C@](C)(F)[C@@H]1OC(=O)c1ccccc1. The summed E-state index contributed by atoms with van der Waals surface area (Å²) in [6.45, 7) is 2.73. The van der Waals surface area contributed by atoms with Gasteiger partial charge in [-0.1, -0.05) is 36.4 Å². The van der Waals surface area contributed by atoms with E-state index in [1.54, 1.807) is 49.4 Å². The molecule has 1 fully saturated rings. The van der Waals surface area contributed by atoms with Crippen molar-refractivity contribution in [2.24, 2.45) is 0 Å². The van der Waals surface area contributed by atoms with Crippen molar-refractivity contribution in [2.45, 2.75) is 38.2 Å². The number of alkyl halides is 1. The molecule has 0 saturated carbocycles. The summed E-state index contributed by atoms with van der Waals surface area (Å²) in [6.07, 6.45) is -5.14. The van der Waals surface area contributed by atoms with Crippen LogP contribution in [0.25, 0.3) is 0 Å². The van der Waals surface area contributed by atoms with Gasteiger partial charge in [-0.05, 0) is 37.6 Å². The lowest BCUT2D eigenvalue weighted by molar-refractivity contribution is -0.186. The van der Waals surface area contributed by atoms with E-state index < -0.39 is 36.3 Å². The molecule has 142 valence electrons. The molecular formula is C20H19FO6. The zero-order valence-corrected chi connectivity index (χ0v) is 14.8. The normalized spacial score (nSPS) is 27.2. The molecule has 1 aliphatic heterocycles. The summed E-state index contributed by atoms with van der Waals surface area (Å²) in [6, 6.07) is 14.6. The van der Waals surface area contributed by atoms with Gasteiger partial charge in [-0.3, -0.25) is 0 Å². The first-order chi connectivity index (χ1) is 12.8. The van der Waals surface area contributed by atoms with Crippen LogP contribution in [0.2, 0.25) is 0 Å². The Labute approximate surface area is 155 Å². The maximum absolute atomic E-state index is 14.9. The third kappa shape index (κ3) is 3.84. The van der Waals surface area contributed by atoms with Gasteiger partial charge in [0.15, 0.2) is 6.29 Å². The van der Waals surface area contributed by atoms with E-state index in [-0.39, 0.29) is 11.1 Å². The predicted octanol–water partition coefficient (Wildman–Crippen LogP) is 2.78. The molecule has 1 N–H and O–H groups in total. The van der Waals surface area contributed by atoms with E-state index in [1.807, 2.05) is 0 Å². The standard InChI is InChI=1S/C20H19FO6/c1-12-8-6-7-11-14(12)17(23)26-18-15(20(2,21)19(24)27-18)25-16(22)13-9-4-3-5-10-13/h3-11,15,18-19,24H,1-2H3/t15-,18+,19-,20-/m1/s1. The van der Waals surface area contributed by atoms with Crippen LogP contribution < -0.4 is 0 Å². The summed E-state index contributed by atoms with van der Waals surface area (Å²) in [7, 11) is 0. The molecule has 27 heavy (non-hydrogen) atoms. The number of ether oxygens (including phenoxy) is 3. The van der Waals surface area contributed by atoms with Crippen molar-refractivity contribution >= 4 is 11.9 Å². The van der Waals surface area contributed by atoms with Gasteiger partial charge in [0, 0.05) is 0 Å². The molecule has 0 unspecified atom stereocenters. The number of hydrogen-bond acceptors (Lipinski definition) is 6. The van der Waals surface area contributed by atoms with Crippen molar-refractivity contribution < 1.29 is 33.3 Å². The second-order valence-electron chi connectivity index (χ2n) is 6.42. The molecule has 1 aliphatic rings. The van der Waals surface area contributed by atoms with Crippen LogP contribution in [0.3, 0.4) is 0 Å². The van der Waals surface area contributed by atoms with Crippen LogP contribution in [-0.2, 0) is 14.2 Å². The van der Waals surface area contributed by atoms with Crippen molar-refractivity contribution in [2.75, 3.05) is 0 Å². The van der Waals surface area contributed by atoms with Crippen LogP contribution in [-0.4, -0.2) is 41.4 Å². The van der Waals surface area contributed by atoms with Gasteiger partial charge < -0.3 is 19.3 Å². The predicted molar refractivity (Wildman–Crippen MR) is 92.6 cm³/mol. The van der Waals surface area contributed by atoms with E-state index in [1.165, 1.54) is 12.1 Å². The van der Waals surface area contributed by atoms with E-state index in [9.17, 15) is 19.1 Å². The Balaban J connectivity index is 1.80. The number of benzene rings is 2. The lowest BCUT2D eigenvalue weighted by Gasteiger charge is -2.25. The first-order valence-electron chi connectivity index (χ1n) is 8.36. The molecule has 0 bridgehead atoms. The Kier molecular flexibility index (Phi) is 5.25. The van der Waals surface area contributed by atoms with Crippen molar-refractivity contribution in [1.29, 1.82) is 0 Å². The number of hydrogen-bond donors (Lipinski definition) is 1. The van der Waals surface area contributed by atoms with Gasteiger partial charge in [0.25, 0.3) is 0 Å². The molecule has 7 heteroatoms. The molecule has 6 nitrogen and oxygen atoms in total. The van der Waals surface area contributed by atoms with Crippen LogP contribution in [0.15, 0.2) is 54.6 Å².